The van der Waals surface area contributed by atoms with Crippen LogP contribution in [0.1, 0.15) is 17.7 Å². The van der Waals surface area contributed by atoms with Crippen molar-refractivity contribution in [1.29, 1.82) is 0 Å². The maximum atomic E-state index is 5.42. The number of hydrogen-bond donors (Lipinski definition) is 0. The summed E-state index contributed by atoms with van der Waals surface area (Å²) in [6.07, 6.45) is 7.79. The molecule has 1 fully saturated rings. The van der Waals surface area contributed by atoms with Crippen molar-refractivity contribution in [1.82, 2.24) is 0 Å². The van der Waals surface area contributed by atoms with E-state index in [0.717, 1.165) is 0 Å². The van der Waals surface area contributed by atoms with Gasteiger partial charge in [-0.3, -0.25) is 0 Å². The molecular formula is C9H8S. The van der Waals surface area contributed by atoms with E-state index in [9.17, 15) is 0 Å². The third-order valence-electron chi connectivity index (χ3n) is 2.02. The highest BCUT2D eigenvalue weighted by molar-refractivity contribution is 7.10. The largest absolute Gasteiger partial charge is 0.147 e. The molecular weight excluding hydrogens is 140 g/mol. The second kappa shape index (κ2) is 1.87. The average Bonchev–Trinajstić information content (AvgIpc) is 2.58. The second-order valence-electron chi connectivity index (χ2n) is 2.70. The predicted molar refractivity (Wildman–Crippen MR) is 44.1 cm³/mol. The summed E-state index contributed by atoms with van der Waals surface area (Å²) in [4.78, 5) is 1.37. The van der Waals surface area contributed by atoms with Crippen LogP contribution in [0.4, 0.5) is 0 Å². The average molecular weight is 148 g/mol. The molecule has 50 valence electrons. The lowest BCUT2D eigenvalue weighted by atomic mass is 10.1. The zero-order valence-corrected chi connectivity index (χ0v) is 6.45. The Balaban J connectivity index is 2.38. The Bertz CT molecular complexity index is 259. The number of terminal acetylenes is 1. The summed E-state index contributed by atoms with van der Waals surface area (Å²) >= 11 is 1.77. The van der Waals surface area contributed by atoms with E-state index in [1.807, 2.05) is 0 Å². The second-order valence-corrected chi connectivity index (χ2v) is 3.65. The van der Waals surface area contributed by atoms with Crippen LogP contribution in [0.2, 0.25) is 0 Å². The fourth-order valence-corrected chi connectivity index (χ4v) is 2.09. The lowest BCUT2D eigenvalue weighted by molar-refractivity contribution is 0.962. The molecule has 0 spiro atoms. The van der Waals surface area contributed by atoms with Gasteiger partial charge in [-0.05, 0) is 24.3 Å². The van der Waals surface area contributed by atoms with Gasteiger partial charge in [0.05, 0.1) is 5.41 Å². The van der Waals surface area contributed by atoms with E-state index in [2.05, 4.69) is 23.4 Å². The van der Waals surface area contributed by atoms with Crippen molar-refractivity contribution in [2.24, 2.45) is 0 Å². The minimum atomic E-state index is 0.161. The van der Waals surface area contributed by atoms with Crippen LogP contribution in [0.5, 0.6) is 0 Å². The zero-order valence-electron chi connectivity index (χ0n) is 5.63. The molecule has 0 radical (unpaired) electrons. The summed E-state index contributed by atoms with van der Waals surface area (Å²) in [7, 11) is 0. The number of thiophene rings is 1. The molecule has 1 heterocycles. The molecule has 0 amide bonds. The molecule has 0 bridgehead atoms. The third-order valence-corrected chi connectivity index (χ3v) is 3.09. The minimum Gasteiger partial charge on any atom is -0.147 e. The summed E-state index contributed by atoms with van der Waals surface area (Å²) in [6.45, 7) is 0. The van der Waals surface area contributed by atoms with E-state index < -0.39 is 0 Å². The molecule has 2 rings (SSSR count). The smallest absolute Gasteiger partial charge is 0.0654 e. The van der Waals surface area contributed by atoms with Crippen molar-refractivity contribution >= 4 is 11.3 Å². The van der Waals surface area contributed by atoms with Crippen molar-refractivity contribution in [3.8, 4) is 12.3 Å². The summed E-state index contributed by atoms with van der Waals surface area (Å²) < 4.78 is 0. The Morgan fingerprint density at radius 1 is 1.60 bits per heavy atom. The Hall–Kier alpha value is -0.740. The molecule has 0 nitrogen and oxygen atoms in total. The van der Waals surface area contributed by atoms with Crippen LogP contribution < -0.4 is 0 Å². The van der Waals surface area contributed by atoms with Gasteiger partial charge in [0.15, 0.2) is 0 Å². The van der Waals surface area contributed by atoms with Gasteiger partial charge in [0.1, 0.15) is 0 Å². The van der Waals surface area contributed by atoms with Crippen LogP contribution in [0.15, 0.2) is 17.5 Å². The van der Waals surface area contributed by atoms with Crippen LogP contribution in [0.3, 0.4) is 0 Å². The molecule has 0 unspecified atom stereocenters. The summed E-state index contributed by atoms with van der Waals surface area (Å²) in [6, 6.07) is 4.20. The Morgan fingerprint density at radius 3 is 2.80 bits per heavy atom. The molecule has 0 atom stereocenters. The van der Waals surface area contributed by atoms with E-state index in [1.165, 1.54) is 17.7 Å². The van der Waals surface area contributed by atoms with Gasteiger partial charge in [-0.25, -0.2) is 0 Å². The van der Waals surface area contributed by atoms with Gasteiger partial charge in [-0.1, -0.05) is 12.0 Å². The molecule has 0 aromatic carbocycles. The van der Waals surface area contributed by atoms with Crippen LogP contribution >= 0.6 is 11.3 Å². The first-order valence-corrected chi connectivity index (χ1v) is 4.27. The predicted octanol–water partition coefficient (Wildman–Crippen LogP) is 2.41. The highest BCUT2D eigenvalue weighted by atomic mass is 32.1. The first kappa shape index (κ1) is 6.00. The minimum absolute atomic E-state index is 0.161. The maximum absolute atomic E-state index is 5.42. The topological polar surface area (TPSA) is 0 Å². The maximum Gasteiger partial charge on any atom is 0.0654 e. The molecule has 0 N–H and O–H groups in total. The van der Waals surface area contributed by atoms with Gasteiger partial charge in [0.2, 0.25) is 0 Å². The van der Waals surface area contributed by atoms with E-state index in [4.69, 9.17) is 6.42 Å². The van der Waals surface area contributed by atoms with Gasteiger partial charge in [0.25, 0.3) is 0 Å². The Labute approximate surface area is 64.9 Å². The fourth-order valence-electron chi connectivity index (χ4n) is 1.14. The third kappa shape index (κ3) is 0.693. The van der Waals surface area contributed by atoms with Gasteiger partial charge >= 0.3 is 0 Å². The highest BCUT2D eigenvalue weighted by Crippen LogP contribution is 2.49. The van der Waals surface area contributed by atoms with Gasteiger partial charge < -0.3 is 0 Å². The number of rotatable bonds is 1. The van der Waals surface area contributed by atoms with E-state index in [1.54, 1.807) is 11.3 Å². The molecule has 1 aliphatic carbocycles. The van der Waals surface area contributed by atoms with Gasteiger partial charge in [0, 0.05) is 4.88 Å². The van der Waals surface area contributed by atoms with Crippen LogP contribution in [0, 0.1) is 12.3 Å². The highest BCUT2D eigenvalue weighted by Gasteiger charge is 2.43. The van der Waals surface area contributed by atoms with E-state index in [-0.39, 0.29) is 5.41 Å². The fraction of sp³-hybridized carbons (Fsp3) is 0.333. The van der Waals surface area contributed by atoms with Crippen LogP contribution in [0.25, 0.3) is 0 Å². The van der Waals surface area contributed by atoms with E-state index in [0.29, 0.717) is 0 Å². The summed E-state index contributed by atoms with van der Waals surface area (Å²) in [5, 5.41) is 2.09. The Kier molecular flexibility index (Phi) is 1.12. The molecule has 0 aliphatic heterocycles. The summed E-state index contributed by atoms with van der Waals surface area (Å²) in [5.74, 6) is 2.87. The lowest BCUT2D eigenvalue weighted by Gasteiger charge is -2.00. The van der Waals surface area contributed by atoms with Crippen LogP contribution in [-0.4, -0.2) is 0 Å². The SMILES string of the molecule is C#CC1(c2cccs2)CC1. The summed E-state index contributed by atoms with van der Waals surface area (Å²) in [5.41, 5.74) is 0.161. The van der Waals surface area contributed by atoms with Crippen molar-refractivity contribution in [3.63, 3.8) is 0 Å². The molecule has 0 saturated heterocycles. The standard InChI is InChI=1S/C9H8S/c1-2-9(5-6-9)8-4-3-7-10-8/h1,3-4,7H,5-6H2. The van der Waals surface area contributed by atoms with Crippen molar-refractivity contribution in [2.45, 2.75) is 18.3 Å². The van der Waals surface area contributed by atoms with Crippen molar-refractivity contribution in [3.05, 3.63) is 22.4 Å². The van der Waals surface area contributed by atoms with Crippen LogP contribution in [-0.2, 0) is 5.41 Å². The van der Waals surface area contributed by atoms with Crippen molar-refractivity contribution < 1.29 is 0 Å². The number of hydrogen-bond acceptors (Lipinski definition) is 1. The molecule has 1 aromatic heterocycles. The first-order chi connectivity index (χ1) is 4.87. The normalized spacial score (nSPS) is 19.9. The first-order valence-electron chi connectivity index (χ1n) is 3.39. The molecule has 1 aliphatic rings. The molecule has 10 heavy (non-hydrogen) atoms. The molecule has 1 saturated carbocycles. The molecule has 1 aromatic rings. The Morgan fingerprint density at radius 2 is 2.40 bits per heavy atom. The zero-order chi connectivity index (χ0) is 7.03. The monoisotopic (exact) mass is 148 g/mol. The quantitative estimate of drug-likeness (QED) is 0.536. The lowest BCUT2D eigenvalue weighted by Crippen LogP contribution is -1.97. The van der Waals surface area contributed by atoms with Gasteiger partial charge in [-0.2, -0.15) is 0 Å². The molecule has 1 heteroatoms. The van der Waals surface area contributed by atoms with Gasteiger partial charge in [-0.15, -0.1) is 17.8 Å². The van der Waals surface area contributed by atoms with Crippen molar-refractivity contribution in [2.75, 3.05) is 0 Å². The van der Waals surface area contributed by atoms with E-state index >= 15 is 0 Å².